The van der Waals surface area contributed by atoms with E-state index in [4.69, 9.17) is 4.74 Å². The van der Waals surface area contributed by atoms with Crippen molar-refractivity contribution in [2.45, 2.75) is 52.0 Å². The molecule has 0 radical (unpaired) electrons. The van der Waals surface area contributed by atoms with Crippen LogP contribution in [-0.4, -0.2) is 19.7 Å². The summed E-state index contributed by atoms with van der Waals surface area (Å²) in [7, 11) is 2.06. The van der Waals surface area contributed by atoms with E-state index >= 15 is 0 Å². The van der Waals surface area contributed by atoms with Crippen LogP contribution in [0.2, 0.25) is 0 Å². The summed E-state index contributed by atoms with van der Waals surface area (Å²) in [5, 5.41) is 3.45. The summed E-state index contributed by atoms with van der Waals surface area (Å²) in [6, 6.07) is 6.89. The quantitative estimate of drug-likeness (QED) is 0.869. The molecule has 1 aliphatic carbocycles. The van der Waals surface area contributed by atoms with Gasteiger partial charge in [-0.25, -0.2) is 0 Å². The van der Waals surface area contributed by atoms with Gasteiger partial charge in [-0.3, -0.25) is 0 Å². The van der Waals surface area contributed by atoms with E-state index in [-0.39, 0.29) is 0 Å². The van der Waals surface area contributed by atoms with E-state index in [0.29, 0.717) is 6.04 Å². The van der Waals surface area contributed by atoms with Crippen LogP contribution in [0, 0.1) is 19.8 Å². The molecule has 106 valence electrons. The van der Waals surface area contributed by atoms with Crippen molar-refractivity contribution in [3.63, 3.8) is 0 Å². The normalized spacial score (nSPS) is 18.3. The summed E-state index contributed by atoms with van der Waals surface area (Å²) in [6.07, 6.45) is 6.87. The largest absolute Gasteiger partial charge is 0.492 e. The second-order valence-corrected chi connectivity index (χ2v) is 5.87. The molecular formula is C17H27NO. The van der Waals surface area contributed by atoms with Crippen LogP contribution in [0.15, 0.2) is 18.2 Å². The van der Waals surface area contributed by atoms with Gasteiger partial charge in [-0.1, -0.05) is 37.0 Å². The van der Waals surface area contributed by atoms with Gasteiger partial charge in [-0.05, 0) is 51.3 Å². The number of benzene rings is 1. The number of hydrogen-bond donors (Lipinski definition) is 1. The molecule has 0 saturated heterocycles. The van der Waals surface area contributed by atoms with Crippen molar-refractivity contribution in [3.05, 3.63) is 29.3 Å². The Bertz CT molecular complexity index is 396. The van der Waals surface area contributed by atoms with E-state index in [9.17, 15) is 0 Å². The number of ether oxygens (including phenoxy) is 1. The third-order valence-corrected chi connectivity index (χ3v) is 4.34. The highest BCUT2D eigenvalue weighted by Gasteiger charge is 2.22. The lowest BCUT2D eigenvalue weighted by Gasteiger charge is -2.30. The predicted molar refractivity (Wildman–Crippen MR) is 80.8 cm³/mol. The Hall–Kier alpha value is -1.02. The second-order valence-electron chi connectivity index (χ2n) is 5.87. The lowest BCUT2D eigenvalue weighted by atomic mass is 9.84. The fourth-order valence-electron chi connectivity index (χ4n) is 3.13. The van der Waals surface area contributed by atoms with Crippen molar-refractivity contribution < 1.29 is 4.74 Å². The molecule has 2 nitrogen and oxygen atoms in total. The van der Waals surface area contributed by atoms with Gasteiger partial charge >= 0.3 is 0 Å². The maximum Gasteiger partial charge on any atom is 0.122 e. The molecule has 1 aliphatic rings. The van der Waals surface area contributed by atoms with E-state index in [1.54, 1.807) is 0 Å². The molecule has 1 unspecified atom stereocenters. The molecule has 19 heavy (non-hydrogen) atoms. The van der Waals surface area contributed by atoms with Crippen LogP contribution in [0.5, 0.6) is 5.75 Å². The van der Waals surface area contributed by atoms with E-state index in [2.05, 4.69) is 44.4 Å². The highest BCUT2D eigenvalue weighted by Crippen LogP contribution is 2.27. The van der Waals surface area contributed by atoms with Gasteiger partial charge < -0.3 is 10.1 Å². The molecule has 1 N–H and O–H groups in total. The van der Waals surface area contributed by atoms with Gasteiger partial charge in [0.2, 0.25) is 0 Å². The Labute approximate surface area is 117 Å². The van der Waals surface area contributed by atoms with E-state index in [1.807, 2.05) is 0 Å². The van der Waals surface area contributed by atoms with Crippen molar-refractivity contribution in [2.24, 2.45) is 5.92 Å². The molecule has 0 amide bonds. The van der Waals surface area contributed by atoms with Gasteiger partial charge in [0.25, 0.3) is 0 Å². The Morgan fingerprint density at radius 1 is 1.21 bits per heavy atom. The van der Waals surface area contributed by atoms with Gasteiger partial charge in [0, 0.05) is 6.04 Å². The summed E-state index contributed by atoms with van der Waals surface area (Å²) in [4.78, 5) is 0. The van der Waals surface area contributed by atoms with E-state index in [0.717, 1.165) is 18.3 Å². The number of rotatable bonds is 5. The summed E-state index contributed by atoms with van der Waals surface area (Å²) in [5.74, 6) is 1.81. The topological polar surface area (TPSA) is 21.3 Å². The van der Waals surface area contributed by atoms with Crippen LogP contribution in [-0.2, 0) is 0 Å². The first-order valence-corrected chi connectivity index (χ1v) is 7.58. The average molecular weight is 261 g/mol. The van der Waals surface area contributed by atoms with Crippen LogP contribution in [0.25, 0.3) is 0 Å². The zero-order chi connectivity index (χ0) is 13.7. The standard InChI is InChI=1S/C17H27NO/c1-13-9-10-17(14(2)11-13)19-12-16(18-3)15-7-5-4-6-8-15/h9-11,15-16,18H,4-8,12H2,1-3H3. The molecule has 0 heterocycles. The van der Waals surface area contributed by atoms with Crippen molar-refractivity contribution >= 4 is 0 Å². The smallest absolute Gasteiger partial charge is 0.122 e. The Morgan fingerprint density at radius 3 is 2.58 bits per heavy atom. The Balaban J connectivity index is 1.91. The number of likely N-dealkylation sites (N-methyl/N-ethyl adjacent to an activating group) is 1. The summed E-state index contributed by atoms with van der Waals surface area (Å²) in [5.41, 5.74) is 2.53. The molecule has 1 atom stereocenters. The average Bonchev–Trinajstić information content (AvgIpc) is 2.43. The first kappa shape index (κ1) is 14.4. The van der Waals surface area contributed by atoms with Crippen molar-refractivity contribution in [3.8, 4) is 5.75 Å². The zero-order valence-corrected chi connectivity index (χ0v) is 12.5. The molecule has 1 aromatic carbocycles. The maximum absolute atomic E-state index is 6.04. The molecule has 1 saturated carbocycles. The van der Waals surface area contributed by atoms with Crippen LogP contribution in [0.4, 0.5) is 0 Å². The maximum atomic E-state index is 6.04. The summed E-state index contributed by atoms with van der Waals surface area (Å²) >= 11 is 0. The SMILES string of the molecule is CNC(COc1ccc(C)cc1C)C1CCCCC1. The van der Waals surface area contributed by atoms with Gasteiger partial charge in [0.05, 0.1) is 0 Å². The molecule has 1 fully saturated rings. The van der Waals surface area contributed by atoms with E-state index < -0.39 is 0 Å². The fraction of sp³-hybridized carbons (Fsp3) is 0.647. The minimum absolute atomic E-state index is 0.487. The fourth-order valence-corrected chi connectivity index (χ4v) is 3.13. The van der Waals surface area contributed by atoms with E-state index in [1.165, 1.54) is 43.2 Å². The minimum Gasteiger partial charge on any atom is -0.492 e. The third-order valence-electron chi connectivity index (χ3n) is 4.34. The lowest BCUT2D eigenvalue weighted by Crippen LogP contribution is -2.39. The minimum atomic E-state index is 0.487. The summed E-state index contributed by atoms with van der Waals surface area (Å²) in [6.45, 7) is 5.03. The zero-order valence-electron chi connectivity index (χ0n) is 12.5. The van der Waals surface area contributed by atoms with Crippen molar-refractivity contribution in [1.82, 2.24) is 5.32 Å². The Morgan fingerprint density at radius 2 is 1.95 bits per heavy atom. The first-order chi connectivity index (χ1) is 9.20. The monoisotopic (exact) mass is 261 g/mol. The molecule has 0 spiro atoms. The highest BCUT2D eigenvalue weighted by atomic mass is 16.5. The van der Waals surface area contributed by atoms with Gasteiger partial charge in [-0.15, -0.1) is 0 Å². The molecule has 2 heteroatoms. The molecule has 0 aliphatic heterocycles. The van der Waals surface area contributed by atoms with Crippen LogP contribution in [0.3, 0.4) is 0 Å². The van der Waals surface area contributed by atoms with Gasteiger partial charge in [0.1, 0.15) is 12.4 Å². The van der Waals surface area contributed by atoms with Crippen LogP contribution in [0.1, 0.15) is 43.2 Å². The highest BCUT2D eigenvalue weighted by molar-refractivity contribution is 5.35. The Kier molecular flexibility index (Phi) is 5.26. The molecule has 0 bridgehead atoms. The number of nitrogens with one attached hydrogen (secondary N) is 1. The number of aryl methyl sites for hydroxylation is 2. The molecular weight excluding hydrogens is 234 g/mol. The summed E-state index contributed by atoms with van der Waals surface area (Å²) < 4.78 is 6.04. The molecule has 0 aromatic heterocycles. The van der Waals surface area contributed by atoms with Gasteiger partial charge in [-0.2, -0.15) is 0 Å². The van der Waals surface area contributed by atoms with Crippen LogP contribution >= 0.6 is 0 Å². The molecule has 2 rings (SSSR count). The first-order valence-electron chi connectivity index (χ1n) is 7.58. The number of hydrogen-bond acceptors (Lipinski definition) is 2. The third kappa shape index (κ3) is 3.97. The van der Waals surface area contributed by atoms with Crippen molar-refractivity contribution in [1.29, 1.82) is 0 Å². The van der Waals surface area contributed by atoms with Crippen LogP contribution < -0.4 is 10.1 Å². The second kappa shape index (κ2) is 6.95. The molecule has 1 aromatic rings. The predicted octanol–water partition coefficient (Wildman–Crippen LogP) is 3.85. The van der Waals surface area contributed by atoms with Gasteiger partial charge in [0.15, 0.2) is 0 Å². The lowest BCUT2D eigenvalue weighted by molar-refractivity contribution is 0.192. The van der Waals surface area contributed by atoms with Crippen molar-refractivity contribution in [2.75, 3.05) is 13.7 Å².